The second kappa shape index (κ2) is 7.15. The van der Waals surface area contributed by atoms with E-state index in [1.54, 1.807) is 16.4 Å². The van der Waals surface area contributed by atoms with E-state index in [0.29, 0.717) is 10.6 Å². The van der Waals surface area contributed by atoms with Gasteiger partial charge in [0, 0.05) is 5.56 Å². The van der Waals surface area contributed by atoms with Crippen LogP contribution in [0.5, 0.6) is 0 Å². The van der Waals surface area contributed by atoms with E-state index in [2.05, 4.69) is 6.07 Å². The van der Waals surface area contributed by atoms with Crippen molar-refractivity contribution < 1.29 is 8.42 Å². The van der Waals surface area contributed by atoms with Crippen LogP contribution in [-0.2, 0) is 10.0 Å². The van der Waals surface area contributed by atoms with Gasteiger partial charge in [-0.1, -0.05) is 90.5 Å². The standard InChI is InChI=1S/C26H21NO2S/c1-19-15-17-21(18-16-19)30(28,29)27-25-14-8-7-12-23(25)22-11-5-6-13-24(22)26(27)20-9-3-2-4-10-20/h2-18,26H,1H3. The molecule has 1 heterocycles. The molecule has 30 heavy (non-hydrogen) atoms. The summed E-state index contributed by atoms with van der Waals surface area (Å²) in [4.78, 5) is 0.295. The smallest absolute Gasteiger partial charge is 0.254 e. The minimum atomic E-state index is -3.80. The van der Waals surface area contributed by atoms with Crippen molar-refractivity contribution in [3.05, 3.63) is 120 Å². The van der Waals surface area contributed by atoms with Gasteiger partial charge in [0.2, 0.25) is 0 Å². The zero-order chi connectivity index (χ0) is 20.7. The molecule has 4 aromatic carbocycles. The molecule has 1 unspecified atom stereocenters. The second-order valence-electron chi connectivity index (χ2n) is 7.53. The van der Waals surface area contributed by atoms with Crippen molar-refractivity contribution >= 4 is 15.7 Å². The van der Waals surface area contributed by atoms with Crippen molar-refractivity contribution in [1.29, 1.82) is 0 Å². The molecule has 0 saturated carbocycles. The van der Waals surface area contributed by atoms with Gasteiger partial charge in [-0.15, -0.1) is 0 Å². The molecule has 0 radical (unpaired) electrons. The van der Waals surface area contributed by atoms with E-state index in [0.717, 1.165) is 27.8 Å². The van der Waals surface area contributed by atoms with Crippen molar-refractivity contribution in [1.82, 2.24) is 0 Å². The van der Waals surface area contributed by atoms with Gasteiger partial charge in [-0.05, 0) is 41.8 Å². The summed E-state index contributed by atoms with van der Waals surface area (Å²) in [6, 6.07) is 32.3. The fourth-order valence-electron chi connectivity index (χ4n) is 4.18. The van der Waals surface area contributed by atoms with Crippen molar-refractivity contribution in [3.8, 4) is 11.1 Å². The van der Waals surface area contributed by atoms with Gasteiger partial charge in [0.25, 0.3) is 10.0 Å². The molecule has 0 N–H and O–H groups in total. The van der Waals surface area contributed by atoms with Gasteiger partial charge in [-0.2, -0.15) is 0 Å². The molecule has 3 nitrogen and oxygen atoms in total. The summed E-state index contributed by atoms with van der Waals surface area (Å²) in [6.07, 6.45) is 0. The largest absolute Gasteiger partial charge is 0.265 e. The maximum absolute atomic E-state index is 14.0. The molecule has 5 rings (SSSR count). The number of fused-ring (bicyclic) bond motifs is 3. The Kier molecular flexibility index (Phi) is 4.44. The van der Waals surface area contributed by atoms with Crippen LogP contribution in [0.4, 0.5) is 5.69 Å². The Morgan fingerprint density at radius 3 is 2.00 bits per heavy atom. The summed E-state index contributed by atoms with van der Waals surface area (Å²) in [5.41, 5.74) is 5.64. The third-order valence-corrected chi connectivity index (χ3v) is 7.41. The number of nitrogens with zero attached hydrogens (tertiary/aromatic N) is 1. The van der Waals surface area contributed by atoms with Crippen molar-refractivity contribution in [2.24, 2.45) is 0 Å². The van der Waals surface area contributed by atoms with E-state index in [1.165, 1.54) is 0 Å². The van der Waals surface area contributed by atoms with Crippen LogP contribution in [0.3, 0.4) is 0 Å². The summed E-state index contributed by atoms with van der Waals surface area (Å²) in [7, 11) is -3.80. The minimum Gasteiger partial charge on any atom is -0.254 e. The Labute approximate surface area is 177 Å². The maximum atomic E-state index is 14.0. The number of hydrogen-bond acceptors (Lipinski definition) is 2. The molecular formula is C26H21NO2S. The summed E-state index contributed by atoms with van der Waals surface area (Å²) in [5.74, 6) is 0. The SMILES string of the molecule is Cc1ccc(S(=O)(=O)N2c3ccccc3-c3ccccc3C2c2ccccc2)cc1. The number of para-hydroxylation sites is 1. The van der Waals surface area contributed by atoms with Crippen LogP contribution in [0.15, 0.2) is 108 Å². The summed E-state index contributed by atoms with van der Waals surface area (Å²) in [6.45, 7) is 1.95. The van der Waals surface area contributed by atoms with Gasteiger partial charge in [-0.25, -0.2) is 8.42 Å². The maximum Gasteiger partial charge on any atom is 0.265 e. The molecule has 0 aromatic heterocycles. The summed E-state index contributed by atoms with van der Waals surface area (Å²) < 4.78 is 29.5. The van der Waals surface area contributed by atoms with Gasteiger partial charge >= 0.3 is 0 Å². The molecule has 1 atom stereocenters. The number of hydrogen-bond donors (Lipinski definition) is 0. The van der Waals surface area contributed by atoms with Crippen molar-refractivity contribution in [2.45, 2.75) is 17.9 Å². The number of rotatable bonds is 3. The van der Waals surface area contributed by atoms with Gasteiger partial charge in [0.1, 0.15) is 0 Å². The Hall–Kier alpha value is -3.37. The lowest BCUT2D eigenvalue weighted by atomic mass is 9.86. The molecule has 0 fully saturated rings. The van der Waals surface area contributed by atoms with Gasteiger partial charge in [0.05, 0.1) is 16.6 Å². The zero-order valence-corrected chi connectivity index (χ0v) is 17.4. The Balaban J connectivity index is 1.82. The highest BCUT2D eigenvalue weighted by molar-refractivity contribution is 7.92. The average Bonchev–Trinajstić information content (AvgIpc) is 2.79. The van der Waals surface area contributed by atoms with Crippen LogP contribution in [-0.4, -0.2) is 8.42 Å². The molecule has 4 aromatic rings. The predicted molar refractivity (Wildman–Crippen MR) is 121 cm³/mol. The van der Waals surface area contributed by atoms with Crippen molar-refractivity contribution in [2.75, 3.05) is 4.31 Å². The first-order valence-corrected chi connectivity index (χ1v) is 11.4. The van der Waals surface area contributed by atoms with E-state index in [1.807, 2.05) is 91.9 Å². The van der Waals surface area contributed by atoms with E-state index >= 15 is 0 Å². The molecule has 148 valence electrons. The topological polar surface area (TPSA) is 37.4 Å². The molecule has 0 amide bonds. The van der Waals surface area contributed by atoms with Crippen LogP contribution in [0, 0.1) is 6.92 Å². The molecule has 0 saturated heterocycles. The number of anilines is 1. The Bertz CT molecular complexity index is 1310. The molecular weight excluding hydrogens is 390 g/mol. The lowest BCUT2D eigenvalue weighted by molar-refractivity contribution is 0.585. The zero-order valence-electron chi connectivity index (χ0n) is 16.6. The van der Waals surface area contributed by atoms with Crippen LogP contribution in [0.1, 0.15) is 22.7 Å². The van der Waals surface area contributed by atoms with Gasteiger partial charge < -0.3 is 0 Å². The number of sulfonamides is 1. The van der Waals surface area contributed by atoms with Crippen molar-refractivity contribution in [3.63, 3.8) is 0 Å². The fraction of sp³-hybridized carbons (Fsp3) is 0.0769. The molecule has 4 heteroatoms. The molecule has 1 aliphatic rings. The lowest BCUT2D eigenvalue weighted by Gasteiger charge is -2.39. The molecule has 0 aliphatic carbocycles. The Morgan fingerprint density at radius 2 is 1.27 bits per heavy atom. The number of aryl methyl sites for hydroxylation is 1. The van der Waals surface area contributed by atoms with Crippen LogP contribution >= 0.6 is 0 Å². The monoisotopic (exact) mass is 411 g/mol. The van der Waals surface area contributed by atoms with E-state index < -0.39 is 16.1 Å². The highest BCUT2D eigenvalue weighted by atomic mass is 32.2. The first-order chi connectivity index (χ1) is 14.6. The highest BCUT2D eigenvalue weighted by Crippen LogP contribution is 2.49. The fourth-order valence-corrected chi connectivity index (χ4v) is 5.82. The van der Waals surface area contributed by atoms with Crippen LogP contribution < -0.4 is 4.31 Å². The lowest BCUT2D eigenvalue weighted by Crippen LogP contribution is -2.38. The summed E-state index contributed by atoms with van der Waals surface area (Å²) >= 11 is 0. The second-order valence-corrected chi connectivity index (χ2v) is 9.35. The minimum absolute atomic E-state index is 0.295. The highest BCUT2D eigenvalue weighted by Gasteiger charge is 2.39. The van der Waals surface area contributed by atoms with Gasteiger partial charge in [0.15, 0.2) is 0 Å². The third-order valence-electron chi connectivity index (χ3n) is 5.61. The predicted octanol–water partition coefficient (Wildman–Crippen LogP) is 5.96. The van der Waals surface area contributed by atoms with E-state index in [9.17, 15) is 8.42 Å². The summed E-state index contributed by atoms with van der Waals surface area (Å²) in [5, 5.41) is 0. The van der Waals surface area contributed by atoms with E-state index in [4.69, 9.17) is 0 Å². The first-order valence-electron chi connectivity index (χ1n) is 9.92. The average molecular weight is 412 g/mol. The quantitative estimate of drug-likeness (QED) is 0.417. The van der Waals surface area contributed by atoms with Gasteiger partial charge in [-0.3, -0.25) is 4.31 Å². The normalized spacial score (nSPS) is 15.4. The number of benzene rings is 4. The van der Waals surface area contributed by atoms with E-state index in [-0.39, 0.29) is 0 Å². The first kappa shape index (κ1) is 18.6. The Morgan fingerprint density at radius 1 is 0.667 bits per heavy atom. The molecule has 0 bridgehead atoms. The third kappa shape index (κ3) is 2.92. The van der Waals surface area contributed by atoms with Crippen LogP contribution in [0.25, 0.3) is 11.1 Å². The van der Waals surface area contributed by atoms with Crippen LogP contribution in [0.2, 0.25) is 0 Å². The molecule has 1 aliphatic heterocycles. The molecule has 0 spiro atoms.